The molecule has 0 amide bonds. The van der Waals surface area contributed by atoms with Gasteiger partial charge >= 0.3 is 0 Å². The quantitative estimate of drug-likeness (QED) is 0.626. The molecular formula is C8H10N2O. The highest BCUT2D eigenvalue weighted by atomic mass is 16.1. The Morgan fingerprint density at radius 1 is 1.73 bits per heavy atom. The van der Waals surface area contributed by atoms with Crippen LogP contribution in [0.15, 0.2) is 18.3 Å². The van der Waals surface area contributed by atoms with E-state index in [-0.39, 0.29) is 12.3 Å². The van der Waals surface area contributed by atoms with E-state index < -0.39 is 0 Å². The van der Waals surface area contributed by atoms with E-state index in [1.54, 1.807) is 18.3 Å². The largest absolute Gasteiger partial charge is 0.324 e. The molecule has 11 heavy (non-hydrogen) atoms. The summed E-state index contributed by atoms with van der Waals surface area (Å²) < 4.78 is 0. The lowest BCUT2D eigenvalue weighted by atomic mass is 10.1. The number of aryl methyl sites for hydroxylation is 1. The van der Waals surface area contributed by atoms with E-state index in [1.807, 2.05) is 6.92 Å². The van der Waals surface area contributed by atoms with Crippen molar-refractivity contribution < 1.29 is 4.79 Å². The molecule has 2 N–H and O–H groups in total. The first-order valence-corrected chi connectivity index (χ1v) is 3.40. The van der Waals surface area contributed by atoms with Crippen LogP contribution in [0, 0.1) is 6.92 Å². The van der Waals surface area contributed by atoms with Crippen LogP contribution in [0.25, 0.3) is 0 Å². The molecule has 1 aromatic heterocycles. The maximum absolute atomic E-state index is 11.0. The van der Waals surface area contributed by atoms with E-state index in [9.17, 15) is 4.79 Å². The summed E-state index contributed by atoms with van der Waals surface area (Å²) in [7, 11) is 0. The molecule has 0 saturated heterocycles. The summed E-state index contributed by atoms with van der Waals surface area (Å²) in [5, 5.41) is 0. The lowest BCUT2D eigenvalue weighted by molar-refractivity contribution is 0.100. The summed E-state index contributed by atoms with van der Waals surface area (Å²) >= 11 is 0. The minimum Gasteiger partial charge on any atom is -0.324 e. The first-order valence-electron chi connectivity index (χ1n) is 3.40. The van der Waals surface area contributed by atoms with Crippen molar-refractivity contribution in [3.05, 3.63) is 29.6 Å². The third-order valence-corrected chi connectivity index (χ3v) is 1.40. The van der Waals surface area contributed by atoms with Crippen LogP contribution in [0.4, 0.5) is 0 Å². The topological polar surface area (TPSA) is 56.0 Å². The molecule has 58 valence electrons. The molecule has 3 heteroatoms. The van der Waals surface area contributed by atoms with Crippen molar-refractivity contribution in [3.63, 3.8) is 0 Å². The Labute approximate surface area is 65.2 Å². The molecule has 1 rings (SSSR count). The fourth-order valence-electron chi connectivity index (χ4n) is 0.837. The van der Waals surface area contributed by atoms with Crippen LogP contribution in [0.2, 0.25) is 0 Å². The molecule has 3 nitrogen and oxygen atoms in total. The summed E-state index contributed by atoms with van der Waals surface area (Å²) in [5.41, 5.74) is 6.66. The van der Waals surface area contributed by atoms with Crippen LogP contribution in [-0.4, -0.2) is 17.3 Å². The highest BCUT2D eigenvalue weighted by Gasteiger charge is 2.01. The zero-order chi connectivity index (χ0) is 8.27. The van der Waals surface area contributed by atoms with E-state index >= 15 is 0 Å². The number of carbonyl (C=O) groups excluding carboxylic acids is 1. The van der Waals surface area contributed by atoms with E-state index in [0.717, 1.165) is 5.69 Å². The van der Waals surface area contributed by atoms with Gasteiger partial charge in [-0.1, -0.05) is 0 Å². The van der Waals surface area contributed by atoms with Gasteiger partial charge in [-0.05, 0) is 19.1 Å². The number of ketones is 1. The average molecular weight is 150 g/mol. The van der Waals surface area contributed by atoms with Gasteiger partial charge < -0.3 is 5.73 Å². The van der Waals surface area contributed by atoms with Crippen molar-refractivity contribution in [1.29, 1.82) is 0 Å². The van der Waals surface area contributed by atoms with Crippen LogP contribution in [0.3, 0.4) is 0 Å². The van der Waals surface area contributed by atoms with Gasteiger partial charge in [0.2, 0.25) is 0 Å². The summed E-state index contributed by atoms with van der Waals surface area (Å²) in [6.07, 6.45) is 1.61. The highest BCUT2D eigenvalue weighted by molar-refractivity contribution is 5.97. The monoisotopic (exact) mass is 150 g/mol. The second-order valence-corrected chi connectivity index (χ2v) is 2.31. The van der Waals surface area contributed by atoms with Crippen molar-refractivity contribution in [3.8, 4) is 0 Å². The Bertz CT molecular complexity index is 271. The maximum Gasteiger partial charge on any atom is 0.176 e. The predicted octanol–water partition coefficient (Wildman–Crippen LogP) is 0.531. The zero-order valence-electron chi connectivity index (χ0n) is 6.37. The van der Waals surface area contributed by atoms with Crippen molar-refractivity contribution in [1.82, 2.24) is 4.98 Å². The van der Waals surface area contributed by atoms with Gasteiger partial charge in [-0.25, -0.2) is 0 Å². The molecule has 0 aliphatic heterocycles. The van der Waals surface area contributed by atoms with Gasteiger partial charge in [-0.3, -0.25) is 9.78 Å². The summed E-state index contributed by atoms with van der Waals surface area (Å²) in [5.74, 6) is -0.0458. The number of hydrogen-bond donors (Lipinski definition) is 1. The Morgan fingerprint density at radius 2 is 2.45 bits per heavy atom. The van der Waals surface area contributed by atoms with Gasteiger partial charge in [-0.15, -0.1) is 0 Å². The van der Waals surface area contributed by atoms with Crippen molar-refractivity contribution in [2.24, 2.45) is 5.73 Å². The van der Waals surface area contributed by atoms with E-state index in [0.29, 0.717) is 5.56 Å². The van der Waals surface area contributed by atoms with Gasteiger partial charge in [0.1, 0.15) is 0 Å². The maximum atomic E-state index is 11.0. The van der Waals surface area contributed by atoms with E-state index in [1.165, 1.54) is 0 Å². The normalized spacial score (nSPS) is 9.64. The Kier molecular flexibility index (Phi) is 2.33. The molecule has 0 aliphatic carbocycles. The number of pyridine rings is 1. The molecule has 0 spiro atoms. The molecule has 0 atom stereocenters. The second-order valence-electron chi connectivity index (χ2n) is 2.31. The Morgan fingerprint density at radius 3 is 3.00 bits per heavy atom. The van der Waals surface area contributed by atoms with Crippen molar-refractivity contribution in [2.45, 2.75) is 6.92 Å². The predicted molar refractivity (Wildman–Crippen MR) is 42.4 cm³/mol. The molecule has 0 bridgehead atoms. The number of carbonyl (C=O) groups is 1. The molecule has 1 heterocycles. The van der Waals surface area contributed by atoms with Crippen LogP contribution < -0.4 is 5.73 Å². The summed E-state index contributed by atoms with van der Waals surface area (Å²) in [4.78, 5) is 15.0. The van der Waals surface area contributed by atoms with Crippen molar-refractivity contribution >= 4 is 5.78 Å². The molecule has 1 aromatic rings. The molecule has 0 radical (unpaired) electrons. The fraction of sp³-hybridized carbons (Fsp3) is 0.250. The van der Waals surface area contributed by atoms with Gasteiger partial charge in [0.15, 0.2) is 5.78 Å². The molecule has 0 aromatic carbocycles. The first-order chi connectivity index (χ1) is 5.24. The number of rotatable bonds is 2. The lowest BCUT2D eigenvalue weighted by Gasteiger charge is -1.96. The molecule has 0 saturated carbocycles. The zero-order valence-corrected chi connectivity index (χ0v) is 6.37. The average Bonchev–Trinajstić information content (AvgIpc) is 2.03. The SMILES string of the molecule is Cc1cc(C(=O)CN)ccn1. The number of aromatic nitrogens is 1. The van der Waals surface area contributed by atoms with E-state index in [2.05, 4.69) is 4.98 Å². The first kappa shape index (κ1) is 7.88. The Balaban J connectivity index is 2.96. The van der Waals surface area contributed by atoms with Gasteiger partial charge in [0.25, 0.3) is 0 Å². The van der Waals surface area contributed by atoms with E-state index in [4.69, 9.17) is 5.73 Å². The highest BCUT2D eigenvalue weighted by Crippen LogP contribution is 2.00. The third-order valence-electron chi connectivity index (χ3n) is 1.40. The van der Waals surface area contributed by atoms with Gasteiger partial charge in [-0.2, -0.15) is 0 Å². The molecule has 0 fully saturated rings. The molecule has 0 unspecified atom stereocenters. The minimum atomic E-state index is -0.0458. The van der Waals surface area contributed by atoms with Gasteiger partial charge in [0.05, 0.1) is 6.54 Å². The van der Waals surface area contributed by atoms with Crippen molar-refractivity contribution in [2.75, 3.05) is 6.54 Å². The summed E-state index contributed by atoms with van der Waals surface area (Å²) in [6, 6.07) is 3.40. The number of hydrogen-bond acceptors (Lipinski definition) is 3. The number of nitrogens with zero attached hydrogens (tertiary/aromatic N) is 1. The standard InChI is InChI=1S/C8H10N2O/c1-6-4-7(2-3-10-6)8(11)5-9/h2-4H,5,9H2,1H3. The van der Waals surface area contributed by atoms with Crippen LogP contribution in [-0.2, 0) is 0 Å². The van der Waals surface area contributed by atoms with Crippen LogP contribution in [0.5, 0.6) is 0 Å². The second kappa shape index (κ2) is 3.25. The summed E-state index contributed by atoms with van der Waals surface area (Å²) in [6.45, 7) is 1.90. The smallest absolute Gasteiger partial charge is 0.176 e. The van der Waals surface area contributed by atoms with Crippen LogP contribution in [0.1, 0.15) is 16.1 Å². The fourth-order valence-corrected chi connectivity index (χ4v) is 0.837. The minimum absolute atomic E-state index is 0.0458. The lowest BCUT2D eigenvalue weighted by Crippen LogP contribution is -2.13. The number of Topliss-reactive ketones (excluding diaryl/α,β-unsaturated/α-hetero) is 1. The Hall–Kier alpha value is -1.22. The molecule has 0 aliphatic rings. The third kappa shape index (κ3) is 1.85. The van der Waals surface area contributed by atoms with Crippen LogP contribution >= 0.6 is 0 Å². The molecular weight excluding hydrogens is 140 g/mol. The van der Waals surface area contributed by atoms with Gasteiger partial charge in [0, 0.05) is 17.5 Å². The number of nitrogens with two attached hydrogens (primary N) is 1.